The summed E-state index contributed by atoms with van der Waals surface area (Å²) in [7, 11) is 0. The highest BCUT2D eigenvalue weighted by Crippen LogP contribution is 2.26. The van der Waals surface area contributed by atoms with Crippen molar-refractivity contribution in [3.63, 3.8) is 0 Å². The van der Waals surface area contributed by atoms with Crippen molar-refractivity contribution in [3.05, 3.63) is 29.3 Å². The van der Waals surface area contributed by atoms with Crippen molar-refractivity contribution in [2.24, 2.45) is 5.92 Å². The van der Waals surface area contributed by atoms with Crippen LogP contribution in [0.25, 0.3) is 0 Å². The number of likely N-dealkylation sites (tertiary alicyclic amines) is 1. The van der Waals surface area contributed by atoms with Gasteiger partial charge in [-0.15, -0.1) is 0 Å². The molecule has 2 aliphatic heterocycles. The van der Waals surface area contributed by atoms with Gasteiger partial charge in [0.2, 0.25) is 5.91 Å². The molecule has 0 aliphatic carbocycles. The van der Waals surface area contributed by atoms with Crippen LogP contribution in [-0.4, -0.2) is 29.8 Å². The molecule has 0 aromatic heterocycles. The highest BCUT2D eigenvalue weighted by Gasteiger charge is 2.27. The van der Waals surface area contributed by atoms with E-state index in [0.717, 1.165) is 42.7 Å². The molecular formula is C17H22N2O2. The standard InChI is InChI=1S/C17H22N2O2/c1-2-3-12-8-9-19(11-12)17(21)14-4-6-15-13(10-14)5-7-16(20)18-15/h4,6,10,12H,2-3,5,7-9,11H2,1H3,(H,18,20). The smallest absolute Gasteiger partial charge is 0.253 e. The third-order valence-corrected chi connectivity index (χ3v) is 4.52. The predicted octanol–water partition coefficient (Wildman–Crippen LogP) is 2.83. The second-order valence-corrected chi connectivity index (χ2v) is 6.11. The Kier molecular flexibility index (Phi) is 3.95. The molecule has 0 spiro atoms. The Hall–Kier alpha value is -1.84. The van der Waals surface area contributed by atoms with Crippen molar-refractivity contribution < 1.29 is 9.59 Å². The summed E-state index contributed by atoms with van der Waals surface area (Å²) in [6, 6.07) is 5.64. The van der Waals surface area contributed by atoms with Gasteiger partial charge in [-0.05, 0) is 48.9 Å². The third-order valence-electron chi connectivity index (χ3n) is 4.52. The Bertz CT molecular complexity index is 568. The van der Waals surface area contributed by atoms with Gasteiger partial charge in [0.05, 0.1) is 0 Å². The van der Waals surface area contributed by atoms with E-state index in [1.54, 1.807) is 0 Å². The van der Waals surface area contributed by atoms with Gasteiger partial charge < -0.3 is 10.2 Å². The van der Waals surface area contributed by atoms with Crippen LogP contribution >= 0.6 is 0 Å². The lowest BCUT2D eigenvalue weighted by atomic mass is 10.00. The van der Waals surface area contributed by atoms with Crippen LogP contribution < -0.4 is 5.32 Å². The lowest BCUT2D eigenvalue weighted by Gasteiger charge is -2.20. The van der Waals surface area contributed by atoms with Gasteiger partial charge in [-0.3, -0.25) is 9.59 Å². The monoisotopic (exact) mass is 286 g/mol. The fourth-order valence-electron chi connectivity index (χ4n) is 3.36. The Morgan fingerprint density at radius 2 is 2.24 bits per heavy atom. The van der Waals surface area contributed by atoms with Crippen LogP contribution in [0.5, 0.6) is 0 Å². The van der Waals surface area contributed by atoms with Gasteiger partial charge >= 0.3 is 0 Å². The molecule has 0 radical (unpaired) electrons. The molecule has 4 nitrogen and oxygen atoms in total. The molecule has 1 N–H and O–H groups in total. The first kappa shape index (κ1) is 14.1. The zero-order valence-corrected chi connectivity index (χ0v) is 12.5. The molecule has 1 fully saturated rings. The van der Waals surface area contributed by atoms with Crippen molar-refractivity contribution in [1.29, 1.82) is 0 Å². The summed E-state index contributed by atoms with van der Waals surface area (Å²) in [6.45, 7) is 3.96. The highest BCUT2D eigenvalue weighted by atomic mass is 16.2. The summed E-state index contributed by atoms with van der Waals surface area (Å²) < 4.78 is 0. The van der Waals surface area contributed by atoms with E-state index < -0.39 is 0 Å². The van der Waals surface area contributed by atoms with Gasteiger partial charge in [0.15, 0.2) is 0 Å². The van der Waals surface area contributed by atoms with Crippen LogP contribution in [0.4, 0.5) is 5.69 Å². The van der Waals surface area contributed by atoms with E-state index in [4.69, 9.17) is 0 Å². The van der Waals surface area contributed by atoms with Crippen LogP contribution in [-0.2, 0) is 11.2 Å². The molecule has 4 heteroatoms. The second kappa shape index (κ2) is 5.88. The average Bonchev–Trinajstić information content (AvgIpc) is 2.95. The molecule has 0 saturated carbocycles. The van der Waals surface area contributed by atoms with Gasteiger partial charge in [0.1, 0.15) is 0 Å². The quantitative estimate of drug-likeness (QED) is 0.929. The Balaban J connectivity index is 1.72. The van der Waals surface area contributed by atoms with Crippen LogP contribution in [0.3, 0.4) is 0 Å². The molecule has 1 atom stereocenters. The van der Waals surface area contributed by atoms with Crippen molar-refractivity contribution in [3.8, 4) is 0 Å². The minimum absolute atomic E-state index is 0.0588. The van der Waals surface area contributed by atoms with E-state index in [0.29, 0.717) is 12.3 Å². The van der Waals surface area contributed by atoms with Gasteiger partial charge in [-0.25, -0.2) is 0 Å². The van der Waals surface area contributed by atoms with E-state index in [-0.39, 0.29) is 11.8 Å². The molecule has 112 valence electrons. The van der Waals surface area contributed by atoms with Crippen molar-refractivity contribution >= 4 is 17.5 Å². The summed E-state index contributed by atoms with van der Waals surface area (Å²) in [5.74, 6) is 0.854. The number of carbonyl (C=O) groups is 2. The minimum Gasteiger partial charge on any atom is -0.338 e. The Morgan fingerprint density at radius 3 is 3.05 bits per heavy atom. The molecule has 21 heavy (non-hydrogen) atoms. The number of aryl methyl sites for hydroxylation is 1. The number of amides is 2. The van der Waals surface area contributed by atoms with Crippen LogP contribution in [0.1, 0.15) is 48.5 Å². The molecular weight excluding hydrogens is 264 g/mol. The molecule has 1 aromatic rings. The number of nitrogens with zero attached hydrogens (tertiary/aromatic N) is 1. The van der Waals surface area contributed by atoms with E-state index >= 15 is 0 Å². The first-order valence-electron chi connectivity index (χ1n) is 7.89. The maximum Gasteiger partial charge on any atom is 0.253 e. The Labute approximate surface area is 125 Å². The first-order valence-corrected chi connectivity index (χ1v) is 7.89. The van der Waals surface area contributed by atoms with E-state index in [9.17, 15) is 9.59 Å². The number of fused-ring (bicyclic) bond motifs is 1. The molecule has 0 bridgehead atoms. The largest absolute Gasteiger partial charge is 0.338 e. The number of rotatable bonds is 3. The van der Waals surface area contributed by atoms with Crippen LogP contribution in [0.2, 0.25) is 0 Å². The van der Waals surface area contributed by atoms with Crippen LogP contribution in [0.15, 0.2) is 18.2 Å². The van der Waals surface area contributed by atoms with Crippen molar-refractivity contribution in [1.82, 2.24) is 4.90 Å². The second-order valence-electron chi connectivity index (χ2n) is 6.11. The topological polar surface area (TPSA) is 49.4 Å². The van der Waals surface area contributed by atoms with Crippen molar-refractivity contribution in [2.75, 3.05) is 18.4 Å². The van der Waals surface area contributed by atoms with E-state index in [1.807, 2.05) is 23.1 Å². The molecule has 1 aromatic carbocycles. The molecule has 3 rings (SSSR count). The van der Waals surface area contributed by atoms with Crippen LogP contribution in [0, 0.1) is 5.92 Å². The summed E-state index contributed by atoms with van der Waals surface area (Å²) in [5, 5.41) is 2.86. The number of benzene rings is 1. The highest BCUT2D eigenvalue weighted by molar-refractivity contribution is 5.98. The number of hydrogen-bond donors (Lipinski definition) is 1. The van der Waals surface area contributed by atoms with Gasteiger partial charge in [0.25, 0.3) is 5.91 Å². The fraction of sp³-hybridized carbons (Fsp3) is 0.529. The zero-order chi connectivity index (χ0) is 14.8. The molecule has 1 unspecified atom stereocenters. The van der Waals surface area contributed by atoms with E-state index in [2.05, 4.69) is 12.2 Å². The van der Waals surface area contributed by atoms with Gasteiger partial charge in [-0.2, -0.15) is 0 Å². The first-order chi connectivity index (χ1) is 10.2. The average molecular weight is 286 g/mol. The SMILES string of the molecule is CCCC1CCN(C(=O)c2ccc3c(c2)CCC(=O)N3)C1. The normalized spacial score (nSPS) is 21.1. The zero-order valence-electron chi connectivity index (χ0n) is 12.5. The maximum absolute atomic E-state index is 12.6. The number of carbonyl (C=O) groups excluding carboxylic acids is 2. The summed E-state index contributed by atoms with van der Waals surface area (Å²) >= 11 is 0. The van der Waals surface area contributed by atoms with Crippen molar-refractivity contribution in [2.45, 2.75) is 39.0 Å². The molecule has 1 saturated heterocycles. The lowest BCUT2D eigenvalue weighted by Crippen LogP contribution is -2.29. The summed E-state index contributed by atoms with van der Waals surface area (Å²) in [4.78, 5) is 25.9. The molecule has 2 aliphatic rings. The third kappa shape index (κ3) is 2.94. The minimum atomic E-state index is 0.0588. The maximum atomic E-state index is 12.6. The van der Waals surface area contributed by atoms with Gasteiger partial charge in [-0.1, -0.05) is 13.3 Å². The number of nitrogens with one attached hydrogen (secondary N) is 1. The predicted molar refractivity (Wildman–Crippen MR) is 82.3 cm³/mol. The Morgan fingerprint density at radius 1 is 1.38 bits per heavy atom. The number of hydrogen-bond acceptors (Lipinski definition) is 2. The fourth-order valence-corrected chi connectivity index (χ4v) is 3.36. The van der Waals surface area contributed by atoms with E-state index in [1.165, 1.54) is 12.8 Å². The van der Waals surface area contributed by atoms with Gasteiger partial charge in [0, 0.05) is 30.8 Å². The summed E-state index contributed by atoms with van der Waals surface area (Å²) in [5.41, 5.74) is 2.68. The molecule has 2 heterocycles. The number of anilines is 1. The summed E-state index contributed by atoms with van der Waals surface area (Å²) in [6.07, 6.45) is 4.75. The lowest BCUT2D eigenvalue weighted by molar-refractivity contribution is -0.116. The molecule has 2 amide bonds.